The van der Waals surface area contributed by atoms with Crippen LogP contribution in [0.15, 0.2) is 0 Å². The number of fused-ring (bicyclic) bond motifs is 2. The van der Waals surface area contributed by atoms with Crippen molar-refractivity contribution in [2.75, 3.05) is 11.8 Å². The lowest BCUT2D eigenvalue weighted by molar-refractivity contribution is 0.148. The van der Waals surface area contributed by atoms with Crippen LogP contribution in [0.25, 0.3) is 0 Å². The zero-order chi connectivity index (χ0) is 13.9. The van der Waals surface area contributed by atoms with Crippen molar-refractivity contribution in [2.24, 2.45) is 16.7 Å². The van der Waals surface area contributed by atoms with E-state index >= 15 is 0 Å². The monoisotopic (exact) mass is 410 g/mol. The molecule has 0 aliphatic heterocycles. The van der Waals surface area contributed by atoms with Gasteiger partial charge in [-0.1, -0.05) is 0 Å². The Bertz CT molecular complexity index is 339. The van der Waals surface area contributed by atoms with Crippen LogP contribution in [-0.2, 0) is 0 Å². The van der Waals surface area contributed by atoms with Crippen molar-refractivity contribution in [1.29, 1.82) is 0 Å². The maximum Gasteiger partial charge on any atom is 0.128 e. The molecule has 0 radical (unpaired) electrons. The first-order valence-corrected chi connectivity index (χ1v) is 8.86. The van der Waals surface area contributed by atoms with Crippen molar-refractivity contribution in [1.82, 2.24) is 0 Å². The van der Waals surface area contributed by atoms with Gasteiger partial charge in [-0.3, -0.25) is 0 Å². The van der Waals surface area contributed by atoms with Crippen molar-refractivity contribution in [3.05, 3.63) is 0 Å². The molecule has 0 aromatic rings. The molecule has 0 aromatic heterocycles. The van der Waals surface area contributed by atoms with E-state index in [0.717, 1.165) is 0 Å². The van der Waals surface area contributed by atoms with E-state index < -0.39 is 25.4 Å². The third-order valence-corrected chi connectivity index (χ3v) is 8.41. The Labute approximate surface area is 146 Å². The summed E-state index contributed by atoms with van der Waals surface area (Å²) in [5, 5.41) is -0.930. The van der Waals surface area contributed by atoms with Gasteiger partial charge in [-0.15, -0.1) is 92.8 Å². The molecule has 4 atom stereocenters. The summed E-state index contributed by atoms with van der Waals surface area (Å²) in [6, 6.07) is 0. The first-order chi connectivity index (χ1) is 8.23. The van der Waals surface area contributed by atoms with Gasteiger partial charge in [-0.05, 0) is 12.3 Å². The van der Waals surface area contributed by atoms with E-state index in [0.29, 0.717) is 6.42 Å². The number of hydrogen-bond donors (Lipinski definition) is 0. The van der Waals surface area contributed by atoms with E-state index in [1.165, 1.54) is 0 Å². The molecule has 106 valence electrons. The number of rotatable bonds is 3. The normalized spacial score (nSPS) is 44.8. The highest BCUT2D eigenvalue weighted by Gasteiger charge is 2.82. The fourth-order valence-electron chi connectivity index (χ4n) is 3.61. The van der Waals surface area contributed by atoms with E-state index in [1.54, 1.807) is 0 Å². The van der Waals surface area contributed by atoms with Gasteiger partial charge in [0.05, 0.1) is 16.2 Å². The zero-order valence-electron chi connectivity index (χ0n) is 8.95. The summed E-state index contributed by atoms with van der Waals surface area (Å²) in [6.45, 7) is 0. The summed E-state index contributed by atoms with van der Waals surface area (Å²) >= 11 is 50.4. The van der Waals surface area contributed by atoms with E-state index in [9.17, 15) is 0 Å². The van der Waals surface area contributed by atoms with E-state index in [2.05, 4.69) is 0 Å². The molecule has 0 unspecified atom stereocenters. The molecule has 0 spiro atoms. The Balaban J connectivity index is 2.69. The molecule has 2 aliphatic rings. The van der Waals surface area contributed by atoms with E-state index in [4.69, 9.17) is 92.8 Å². The second-order valence-electron chi connectivity index (χ2n) is 4.95. The molecule has 0 nitrogen and oxygen atoms in total. The van der Waals surface area contributed by atoms with E-state index in [1.807, 2.05) is 0 Å². The summed E-state index contributed by atoms with van der Waals surface area (Å²) in [7, 11) is 0. The van der Waals surface area contributed by atoms with Gasteiger partial charge in [0, 0.05) is 17.2 Å². The molecule has 2 rings (SSSR count). The summed E-state index contributed by atoms with van der Waals surface area (Å²) in [4.78, 5) is -0.902. The van der Waals surface area contributed by atoms with Crippen LogP contribution < -0.4 is 0 Å². The van der Waals surface area contributed by atoms with Gasteiger partial charge >= 0.3 is 0 Å². The Morgan fingerprint density at radius 3 is 1.89 bits per heavy atom. The minimum atomic E-state index is -1.19. The first kappa shape index (κ1) is 16.7. The molecule has 8 heteroatoms. The predicted molar refractivity (Wildman–Crippen MR) is 83.6 cm³/mol. The van der Waals surface area contributed by atoms with E-state index in [-0.39, 0.29) is 23.1 Å². The summed E-state index contributed by atoms with van der Waals surface area (Å²) < 4.78 is -1.19. The minimum Gasteiger partial charge on any atom is -0.126 e. The van der Waals surface area contributed by atoms with Gasteiger partial charge in [-0.2, -0.15) is 0 Å². The second kappa shape index (κ2) is 5.20. The number of alkyl halides is 8. The summed E-state index contributed by atoms with van der Waals surface area (Å²) in [6.07, 6.45) is 0.433. The molecule has 2 aliphatic carbocycles. The summed E-state index contributed by atoms with van der Waals surface area (Å²) in [5.74, 6) is 0.321. The average Bonchev–Trinajstić information content (AvgIpc) is 2.61. The predicted octanol–water partition coefficient (Wildman–Crippen LogP) is 5.66. The van der Waals surface area contributed by atoms with Crippen LogP contribution in [0.3, 0.4) is 0 Å². The van der Waals surface area contributed by atoms with Gasteiger partial charge in [0.15, 0.2) is 0 Å². The fourth-order valence-corrected chi connectivity index (χ4v) is 8.68. The first-order valence-electron chi connectivity index (χ1n) is 5.29. The summed E-state index contributed by atoms with van der Waals surface area (Å²) in [5.41, 5.74) is -1.68. The quantitative estimate of drug-likeness (QED) is 0.523. The third-order valence-electron chi connectivity index (χ3n) is 4.54. The van der Waals surface area contributed by atoms with Crippen LogP contribution in [0.4, 0.5) is 0 Å². The lowest BCUT2D eigenvalue weighted by Gasteiger charge is -2.49. The molecular formula is C10H10Cl8. The van der Waals surface area contributed by atoms with Gasteiger partial charge in [-0.25, -0.2) is 0 Å². The largest absolute Gasteiger partial charge is 0.128 e. The molecule has 2 bridgehead atoms. The van der Waals surface area contributed by atoms with Crippen LogP contribution in [-0.4, -0.2) is 31.7 Å². The molecule has 18 heavy (non-hydrogen) atoms. The standard InChI is InChI=1S/C10H10Cl8/c11-2-8(3-12)4-1-9(17,18)10(8,7(15)16)6(14)5(4)13/h4-7H,1-3H2/t4-,5+,6-,10-/m0/s1. The molecule has 0 heterocycles. The lowest BCUT2D eigenvalue weighted by atomic mass is 9.69. The lowest BCUT2D eigenvalue weighted by Crippen LogP contribution is -2.56. The van der Waals surface area contributed by atoms with Gasteiger partial charge in [0.2, 0.25) is 0 Å². The average molecular weight is 414 g/mol. The van der Waals surface area contributed by atoms with Crippen LogP contribution in [0.1, 0.15) is 6.42 Å². The fraction of sp³-hybridized carbons (Fsp3) is 1.00. The number of halogens is 8. The molecule has 0 saturated heterocycles. The third kappa shape index (κ3) is 1.67. The van der Waals surface area contributed by atoms with Crippen LogP contribution >= 0.6 is 92.8 Å². The highest BCUT2D eigenvalue weighted by molar-refractivity contribution is 6.54. The molecule has 0 aromatic carbocycles. The highest BCUT2D eigenvalue weighted by Crippen LogP contribution is 2.78. The maximum absolute atomic E-state index is 6.45. The smallest absolute Gasteiger partial charge is 0.126 e. The molecule has 2 fully saturated rings. The van der Waals surface area contributed by atoms with Crippen molar-refractivity contribution in [3.63, 3.8) is 0 Å². The molecule has 0 N–H and O–H groups in total. The topological polar surface area (TPSA) is 0 Å². The van der Waals surface area contributed by atoms with Gasteiger partial charge in [0.25, 0.3) is 0 Å². The second-order valence-corrected chi connectivity index (χ2v) is 9.04. The van der Waals surface area contributed by atoms with Crippen LogP contribution in [0.2, 0.25) is 0 Å². The van der Waals surface area contributed by atoms with Gasteiger partial charge < -0.3 is 0 Å². The molecule has 0 amide bonds. The Hall–Kier alpha value is 2.32. The van der Waals surface area contributed by atoms with Crippen LogP contribution in [0.5, 0.6) is 0 Å². The Morgan fingerprint density at radius 2 is 1.56 bits per heavy atom. The highest BCUT2D eigenvalue weighted by atomic mass is 35.5. The zero-order valence-corrected chi connectivity index (χ0v) is 15.0. The van der Waals surface area contributed by atoms with Crippen LogP contribution in [0, 0.1) is 16.7 Å². The van der Waals surface area contributed by atoms with Crippen molar-refractivity contribution >= 4 is 92.8 Å². The van der Waals surface area contributed by atoms with Crippen molar-refractivity contribution in [2.45, 2.75) is 26.3 Å². The van der Waals surface area contributed by atoms with Crippen molar-refractivity contribution < 1.29 is 0 Å². The van der Waals surface area contributed by atoms with Gasteiger partial charge in [0.1, 0.15) is 9.17 Å². The maximum atomic E-state index is 6.45. The van der Waals surface area contributed by atoms with Crippen molar-refractivity contribution in [3.8, 4) is 0 Å². The minimum absolute atomic E-state index is 0.105. The molecular weight excluding hydrogens is 404 g/mol. The molecule has 2 saturated carbocycles. The Kier molecular flexibility index (Phi) is 4.82. The SMILES string of the molecule is ClCC1(CCl)[C@H]2CC(Cl)(Cl)[C@]1(C(Cl)Cl)[C@@H](Cl)[C@@H]2Cl. The number of hydrogen-bond acceptors (Lipinski definition) is 0. The Morgan fingerprint density at radius 1 is 1.06 bits per heavy atom.